The van der Waals surface area contributed by atoms with E-state index < -0.39 is 6.34 Å². The molecule has 6 nitrogen and oxygen atoms in total. The van der Waals surface area contributed by atoms with Crippen LogP contribution in [0, 0.1) is 12.7 Å². The van der Waals surface area contributed by atoms with E-state index in [1.54, 1.807) is 12.1 Å². The highest BCUT2D eigenvalue weighted by atomic mass is 32.4. The van der Waals surface area contributed by atoms with Gasteiger partial charge in [0.05, 0.1) is 35.5 Å². The second kappa shape index (κ2) is 7.95. The van der Waals surface area contributed by atoms with Crippen LogP contribution in [0.5, 0.6) is 0 Å². The summed E-state index contributed by atoms with van der Waals surface area (Å²) in [7, 11) is 1.93. The lowest BCUT2D eigenvalue weighted by atomic mass is 10.2. The van der Waals surface area contributed by atoms with Crippen LogP contribution in [-0.2, 0) is 16.5 Å². The smallest absolute Gasteiger partial charge is 0.169 e. The molecule has 0 saturated carbocycles. The molecule has 1 unspecified atom stereocenters. The normalized spacial score (nSPS) is 21.6. The summed E-state index contributed by atoms with van der Waals surface area (Å²) in [4.78, 5) is 4.95. The van der Waals surface area contributed by atoms with E-state index in [1.165, 1.54) is 6.07 Å². The van der Waals surface area contributed by atoms with Crippen LogP contribution in [-0.4, -0.2) is 58.3 Å². The lowest BCUT2D eigenvalue weighted by Crippen LogP contribution is -2.45. The third-order valence-electron chi connectivity index (χ3n) is 5.71. The highest BCUT2D eigenvalue weighted by Crippen LogP contribution is 2.57. The zero-order valence-corrected chi connectivity index (χ0v) is 19.1. The van der Waals surface area contributed by atoms with E-state index in [2.05, 4.69) is 4.67 Å². The zero-order chi connectivity index (χ0) is 21.6. The number of hydrogen-bond acceptors (Lipinski definition) is 4. The van der Waals surface area contributed by atoms with Crippen LogP contribution in [0.3, 0.4) is 0 Å². The van der Waals surface area contributed by atoms with Crippen LogP contribution in [0.2, 0.25) is 0 Å². The Morgan fingerprint density at radius 2 is 1.71 bits per heavy atom. The van der Waals surface area contributed by atoms with Crippen LogP contribution >= 0.6 is 6.34 Å². The minimum Gasteiger partial charge on any atom is -0.379 e. The molecule has 0 bridgehead atoms. The molecular formula is C22H23FN5OPS. The van der Waals surface area contributed by atoms with Crippen LogP contribution in [0.25, 0.3) is 5.69 Å². The van der Waals surface area contributed by atoms with E-state index in [1.807, 2.05) is 59.7 Å². The van der Waals surface area contributed by atoms with Crippen molar-refractivity contribution in [3.63, 3.8) is 0 Å². The Balaban J connectivity index is 1.79. The largest absolute Gasteiger partial charge is 0.379 e. The molecule has 0 spiro atoms. The first-order chi connectivity index (χ1) is 15.0. The van der Waals surface area contributed by atoms with Gasteiger partial charge in [-0.2, -0.15) is 5.10 Å². The number of amidine groups is 1. The van der Waals surface area contributed by atoms with Crippen molar-refractivity contribution in [3.8, 4) is 5.69 Å². The first-order valence-corrected chi connectivity index (χ1v) is 12.9. The Labute approximate surface area is 186 Å². The molecule has 2 aliphatic heterocycles. The standard InChI is InChI=1S/C22H23FN5OPS/c1-16-20-22(28(25-16)17-8-4-3-5-9-17)24-21(18-10-6-7-11-19(18)23)26(2)30(20,31)27-12-14-29-15-13-27/h3-11H,12-15H2,1-2H3. The van der Waals surface area contributed by atoms with Crippen molar-refractivity contribution in [1.82, 2.24) is 19.1 Å². The van der Waals surface area contributed by atoms with Crippen molar-refractivity contribution in [2.45, 2.75) is 6.92 Å². The maximum absolute atomic E-state index is 14.9. The highest BCUT2D eigenvalue weighted by molar-refractivity contribution is 8.16. The van der Waals surface area contributed by atoms with Crippen molar-refractivity contribution in [1.29, 1.82) is 0 Å². The number of aromatic nitrogens is 2. The molecule has 31 heavy (non-hydrogen) atoms. The predicted octanol–water partition coefficient (Wildman–Crippen LogP) is 3.61. The van der Waals surface area contributed by atoms with Gasteiger partial charge >= 0.3 is 0 Å². The van der Waals surface area contributed by atoms with Crippen molar-refractivity contribution in [2.75, 3.05) is 33.4 Å². The third-order valence-corrected chi connectivity index (χ3v) is 11.0. The van der Waals surface area contributed by atoms with Gasteiger partial charge in [-0.05, 0) is 31.2 Å². The first-order valence-electron chi connectivity index (χ1n) is 10.2. The topological polar surface area (TPSA) is 45.9 Å². The van der Waals surface area contributed by atoms with Gasteiger partial charge in [-0.25, -0.2) is 14.1 Å². The molecule has 2 aromatic carbocycles. The minimum atomic E-state index is -2.51. The number of nitrogens with zero attached hydrogens (tertiary/aromatic N) is 5. The maximum Gasteiger partial charge on any atom is 0.169 e. The number of ether oxygens (including phenoxy) is 1. The summed E-state index contributed by atoms with van der Waals surface area (Å²) in [6.45, 7) is 4.68. The fourth-order valence-corrected chi connectivity index (χ4v) is 8.49. The fraction of sp³-hybridized carbons (Fsp3) is 0.273. The van der Waals surface area contributed by atoms with Crippen molar-refractivity contribution >= 4 is 35.1 Å². The minimum absolute atomic E-state index is 0.317. The SMILES string of the molecule is Cc1nn(-c2ccccc2)c2c1P(=S)(N1CCOCC1)N(C)C(c1ccccc1F)=N2. The Hall–Kier alpha value is -2.38. The summed E-state index contributed by atoms with van der Waals surface area (Å²) in [5, 5.41) is 5.80. The number of rotatable bonds is 3. The molecule has 1 fully saturated rings. The number of aryl methyl sites for hydroxylation is 1. The van der Waals surface area contributed by atoms with Crippen LogP contribution in [0.15, 0.2) is 59.6 Å². The second-order valence-corrected chi connectivity index (χ2v) is 11.8. The molecule has 3 aromatic rings. The average Bonchev–Trinajstić information content (AvgIpc) is 3.14. The Morgan fingerprint density at radius 1 is 1.03 bits per heavy atom. The fourth-order valence-electron chi connectivity index (χ4n) is 4.18. The number of fused-ring (bicyclic) bond motifs is 1. The molecule has 0 amide bonds. The van der Waals surface area contributed by atoms with E-state index in [0.717, 1.165) is 29.8 Å². The van der Waals surface area contributed by atoms with Gasteiger partial charge in [0.1, 0.15) is 18.0 Å². The number of benzene rings is 2. The number of halogens is 1. The number of morpholine rings is 1. The molecule has 3 heterocycles. The molecule has 9 heteroatoms. The molecule has 0 radical (unpaired) electrons. The van der Waals surface area contributed by atoms with E-state index in [-0.39, 0.29) is 5.82 Å². The summed E-state index contributed by atoms with van der Waals surface area (Å²) >= 11 is 6.47. The van der Waals surface area contributed by atoms with Crippen LogP contribution in [0.1, 0.15) is 11.3 Å². The predicted molar refractivity (Wildman–Crippen MR) is 125 cm³/mol. The summed E-state index contributed by atoms with van der Waals surface area (Å²) in [6, 6.07) is 16.6. The third kappa shape index (κ3) is 3.26. The molecule has 5 rings (SSSR count). The molecule has 2 aliphatic rings. The van der Waals surface area contributed by atoms with E-state index >= 15 is 0 Å². The summed E-state index contributed by atoms with van der Waals surface area (Å²) < 4.78 is 26.6. The van der Waals surface area contributed by atoms with Gasteiger partial charge in [0.2, 0.25) is 0 Å². The van der Waals surface area contributed by atoms with E-state index in [4.69, 9.17) is 26.6 Å². The Bertz CT molecular complexity index is 1210. The van der Waals surface area contributed by atoms with E-state index in [9.17, 15) is 4.39 Å². The van der Waals surface area contributed by atoms with Gasteiger partial charge in [-0.3, -0.25) is 4.67 Å². The highest BCUT2D eigenvalue weighted by Gasteiger charge is 2.44. The first kappa shape index (κ1) is 20.5. The van der Waals surface area contributed by atoms with Crippen LogP contribution in [0.4, 0.5) is 10.2 Å². The number of aliphatic imine (C=N–C) groups is 1. The summed E-state index contributed by atoms with van der Waals surface area (Å²) in [5.74, 6) is 0.912. The van der Waals surface area contributed by atoms with Gasteiger partial charge < -0.3 is 9.41 Å². The monoisotopic (exact) mass is 455 g/mol. The molecule has 0 N–H and O–H groups in total. The van der Waals surface area contributed by atoms with Gasteiger partial charge in [0, 0.05) is 20.1 Å². The second-order valence-electron chi connectivity index (χ2n) is 7.55. The van der Waals surface area contributed by atoms with Crippen molar-refractivity contribution in [2.24, 2.45) is 4.99 Å². The Kier molecular flexibility index (Phi) is 5.26. The van der Waals surface area contributed by atoms with Gasteiger partial charge in [-0.15, -0.1) is 0 Å². The average molecular weight is 455 g/mol. The molecule has 1 saturated heterocycles. The van der Waals surface area contributed by atoms with Gasteiger partial charge in [-0.1, -0.05) is 42.1 Å². The summed E-state index contributed by atoms with van der Waals surface area (Å²) in [6.07, 6.45) is -2.51. The lowest BCUT2D eigenvalue weighted by Gasteiger charge is -2.45. The molecule has 160 valence electrons. The quantitative estimate of drug-likeness (QED) is 0.565. The van der Waals surface area contributed by atoms with Crippen molar-refractivity contribution in [3.05, 3.63) is 71.7 Å². The number of para-hydroxylation sites is 1. The molecule has 1 atom stereocenters. The maximum atomic E-state index is 14.9. The van der Waals surface area contributed by atoms with Crippen LogP contribution < -0.4 is 5.30 Å². The molecule has 0 aliphatic carbocycles. The zero-order valence-electron chi connectivity index (χ0n) is 17.4. The van der Waals surface area contributed by atoms with Crippen molar-refractivity contribution < 1.29 is 9.13 Å². The Morgan fingerprint density at radius 3 is 2.42 bits per heavy atom. The van der Waals surface area contributed by atoms with E-state index in [0.29, 0.717) is 30.4 Å². The number of hydrogen-bond donors (Lipinski definition) is 0. The summed E-state index contributed by atoms with van der Waals surface area (Å²) in [5.41, 5.74) is 2.20. The lowest BCUT2D eigenvalue weighted by molar-refractivity contribution is 0.0738. The molecular weight excluding hydrogens is 432 g/mol. The van der Waals surface area contributed by atoms with Gasteiger partial charge in [0.25, 0.3) is 0 Å². The van der Waals surface area contributed by atoms with Gasteiger partial charge in [0.15, 0.2) is 5.82 Å². The molecule has 1 aromatic heterocycles.